The maximum atomic E-state index is 12.5. The lowest BCUT2D eigenvalue weighted by atomic mass is 9.83. The fraction of sp³-hybridized carbons (Fsp3) is 0.286. The Kier molecular flexibility index (Phi) is 4.62. The van der Waals surface area contributed by atoms with E-state index in [0.29, 0.717) is 17.3 Å². The van der Waals surface area contributed by atoms with Crippen LogP contribution in [0, 0.1) is 5.92 Å². The number of carbonyl (C=O) groups is 1. The van der Waals surface area contributed by atoms with Crippen LogP contribution in [0.3, 0.4) is 0 Å². The third-order valence-corrected chi connectivity index (χ3v) is 5.24. The number of aryl methyl sites for hydroxylation is 1. The fourth-order valence-electron chi connectivity index (χ4n) is 3.76. The summed E-state index contributed by atoms with van der Waals surface area (Å²) in [6.45, 7) is 0.527. The molecule has 1 unspecified atom stereocenters. The van der Waals surface area contributed by atoms with Crippen LogP contribution in [0.5, 0.6) is 0 Å². The molecule has 1 amide bonds. The molecule has 1 aromatic heterocycles. The van der Waals surface area contributed by atoms with Crippen molar-refractivity contribution in [3.8, 4) is 0 Å². The van der Waals surface area contributed by atoms with Crippen LogP contribution >= 0.6 is 0 Å². The first-order chi connectivity index (χ1) is 13.1. The van der Waals surface area contributed by atoms with Crippen molar-refractivity contribution in [1.82, 2.24) is 15.1 Å². The van der Waals surface area contributed by atoms with Crippen LogP contribution in [-0.2, 0) is 24.2 Å². The van der Waals surface area contributed by atoms with E-state index in [9.17, 15) is 14.4 Å². The van der Waals surface area contributed by atoms with Gasteiger partial charge in [-0.15, -0.1) is 0 Å². The van der Waals surface area contributed by atoms with Crippen LogP contribution in [-0.4, -0.2) is 22.2 Å². The van der Waals surface area contributed by atoms with Gasteiger partial charge in [0.25, 0.3) is 11.1 Å². The molecule has 0 fully saturated rings. The summed E-state index contributed by atoms with van der Waals surface area (Å²) in [5, 5.41) is 6.25. The molecule has 0 saturated heterocycles. The van der Waals surface area contributed by atoms with Gasteiger partial charge in [0.15, 0.2) is 0 Å². The van der Waals surface area contributed by atoms with E-state index in [1.165, 1.54) is 15.8 Å². The molecule has 0 bridgehead atoms. The average molecular weight is 363 g/mol. The third-order valence-electron chi connectivity index (χ3n) is 5.24. The Labute approximate surface area is 155 Å². The minimum Gasteiger partial charge on any atom is -0.354 e. The number of aromatic amines is 1. The number of amides is 1. The summed E-state index contributed by atoms with van der Waals surface area (Å²) in [6.07, 6.45) is 2.48. The van der Waals surface area contributed by atoms with Gasteiger partial charge in [-0.25, -0.2) is 4.68 Å². The van der Waals surface area contributed by atoms with E-state index >= 15 is 0 Å². The molecule has 2 N–H and O–H groups in total. The van der Waals surface area contributed by atoms with Gasteiger partial charge in [0.05, 0.1) is 17.3 Å². The predicted octanol–water partition coefficient (Wildman–Crippen LogP) is 1.61. The van der Waals surface area contributed by atoms with Crippen molar-refractivity contribution < 1.29 is 4.79 Å². The molecular weight excluding hydrogens is 342 g/mol. The van der Waals surface area contributed by atoms with Crippen LogP contribution in [0.2, 0.25) is 0 Å². The van der Waals surface area contributed by atoms with E-state index in [1.54, 1.807) is 24.3 Å². The quantitative estimate of drug-likeness (QED) is 0.739. The molecule has 0 saturated carbocycles. The van der Waals surface area contributed by atoms with Crippen molar-refractivity contribution in [1.29, 1.82) is 0 Å². The minimum atomic E-state index is -0.305. The number of fused-ring (bicyclic) bond motifs is 2. The summed E-state index contributed by atoms with van der Waals surface area (Å²) in [6, 6.07) is 15.0. The second-order valence-corrected chi connectivity index (χ2v) is 6.94. The predicted molar refractivity (Wildman–Crippen MR) is 104 cm³/mol. The third kappa shape index (κ3) is 3.43. The Morgan fingerprint density at radius 2 is 1.74 bits per heavy atom. The van der Waals surface area contributed by atoms with Crippen LogP contribution < -0.4 is 16.4 Å². The number of hydrogen-bond donors (Lipinski definition) is 2. The molecule has 1 heterocycles. The van der Waals surface area contributed by atoms with Crippen molar-refractivity contribution in [3.05, 3.63) is 80.4 Å². The zero-order valence-electron chi connectivity index (χ0n) is 14.9. The molecule has 4 rings (SSSR count). The molecule has 0 radical (unpaired) electrons. The van der Waals surface area contributed by atoms with E-state index in [4.69, 9.17) is 0 Å². The summed E-state index contributed by atoms with van der Waals surface area (Å²) < 4.78 is 1.26. The minimum absolute atomic E-state index is 0.000637. The van der Waals surface area contributed by atoms with Crippen LogP contribution in [0.15, 0.2) is 58.1 Å². The van der Waals surface area contributed by atoms with E-state index in [0.717, 1.165) is 19.3 Å². The lowest BCUT2D eigenvalue weighted by molar-refractivity contribution is -0.125. The fourth-order valence-corrected chi connectivity index (χ4v) is 3.76. The number of nitrogens with one attached hydrogen (secondary N) is 2. The summed E-state index contributed by atoms with van der Waals surface area (Å²) in [7, 11) is 0. The molecule has 1 aliphatic carbocycles. The monoisotopic (exact) mass is 363 g/mol. The van der Waals surface area contributed by atoms with Crippen LogP contribution in [0.25, 0.3) is 10.8 Å². The van der Waals surface area contributed by atoms with Crippen molar-refractivity contribution in [2.75, 3.05) is 6.54 Å². The number of aromatic nitrogens is 2. The lowest BCUT2D eigenvalue weighted by Gasteiger charge is -2.23. The summed E-state index contributed by atoms with van der Waals surface area (Å²) in [5.74, 6) is -0.0482. The largest absolute Gasteiger partial charge is 0.354 e. The van der Waals surface area contributed by atoms with Crippen molar-refractivity contribution in [2.24, 2.45) is 5.92 Å². The van der Waals surface area contributed by atoms with E-state index in [2.05, 4.69) is 22.5 Å². The molecular formula is C21H21N3O3. The van der Waals surface area contributed by atoms with E-state index in [1.807, 2.05) is 12.1 Å². The van der Waals surface area contributed by atoms with Gasteiger partial charge < -0.3 is 5.32 Å². The molecule has 6 nitrogen and oxygen atoms in total. The standard InChI is InChI=1S/C21H21N3O3/c25-19(16-10-9-14-5-1-2-6-15(14)13-16)22-11-12-24-21(27)18-8-4-3-7-17(18)20(26)23-24/h1-8,16H,9-13H2,(H,22,25)(H,23,26). The van der Waals surface area contributed by atoms with Crippen LogP contribution in [0.1, 0.15) is 17.5 Å². The first-order valence-electron chi connectivity index (χ1n) is 9.20. The smallest absolute Gasteiger partial charge is 0.273 e. The molecule has 138 valence electrons. The number of rotatable bonds is 4. The lowest BCUT2D eigenvalue weighted by Crippen LogP contribution is -2.38. The molecule has 0 aliphatic heterocycles. The summed E-state index contributed by atoms with van der Waals surface area (Å²) >= 11 is 0. The van der Waals surface area contributed by atoms with Crippen molar-refractivity contribution >= 4 is 16.7 Å². The second kappa shape index (κ2) is 7.23. The van der Waals surface area contributed by atoms with Gasteiger partial charge in [0.1, 0.15) is 0 Å². The van der Waals surface area contributed by atoms with Gasteiger partial charge in [0.2, 0.25) is 5.91 Å². The molecule has 0 spiro atoms. The highest BCUT2D eigenvalue weighted by Crippen LogP contribution is 2.25. The molecule has 1 atom stereocenters. The molecule has 3 aromatic rings. The van der Waals surface area contributed by atoms with Gasteiger partial charge in [-0.05, 0) is 42.5 Å². The maximum Gasteiger partial charge on any atom is 0.273 e. The number of benzene rings is 2. The normalized spacial score (nSPS) is 16.1. The Hall–Kier alpha value is -3.15. The van der Waals surface area contributed by atoms with Gasteiger partial charge in [-0.2, -0.15) is 0 Å². The molecule has 2 aromatic carbocycles. The highest BCUT2D eigenvalue weighted by Gasteiger charge is 2.24. The van der Waals surface area contributed by atoms with Gasteiger partial charge in [-0.3, -0.25) is 19.5 Å². The zero-order chi connectivity index (χ0) is 18.8. The zero-order valence-corrected chi connectivity index (χ0v) is 14.9. The Morgan fingerprint density at radius 1 is 1.04 bits per heavy atom. The maximum absolute atomic E-state index is 12.5. The van der Waals surface area contributed by atoms with Crippen molar-refractivity contribution in [3.63, 3.8) is 0 Å². The molecule has 1 aliphatic rings. The summed E-state index contributed by atoms with van der Waals surface area (Å²) in [5.41, 5.74) is 1.99. The first kappa shape index (κ1) is 17.3. The van der Waals surface area contributed by atoms with Crippen LogP contribution in [0.4, 0.5) is 0 Å². The number of hydrogen-bond acceptors (Lipinski definition) is 3. The highest BCUT2D eigenvalue weighted by molar-refractivity contribution is 5.80. The topological polar surface area (TPSA) is 84.0 Å². The molecule has 6 heteroatoms. The molecule has 27 heavy (non-hydrogen) atoms. The highest BCUT2D eigenvalue weighted by atomic mass is 16.2. The number of carbonyl (C=O) groups excluding carboxylic acids is 1. The van der Waals surface area contributed by atoms with E-state index in [-0.39, 0.29) is 29.5 Å². The SMILES string of the molecule is O=C(NCCn1[nH]c(=O)c2ccccc2c1=O)C1CCc2ccccc2C1. The summed E-state index contributed by atoms with van der Waals surface area (Å²) in [4.78, 5) is 37.1. The Balaban J connectivity index is 1.41. The first-order valence-corrected chi connectivity index (χ1v) is 9.20. The number of nitrogens with zero attached hydrogens (tertiary/aromatic N) is 1. The average Bonchev–Trinajstić information content (AvgIpc) is 2.71. The van der Waals surface area contributed by atoms with Gasteiger partial charge >= 0.3 is 0 Å². The van der Waals surface area contributed by atoms with Gasteiger partial charge in [-0.1, -0.05) is 36.4 Å². The second-order valence-electron chi connectivity index (χ2n) is 6.94. The van der Waals surface area contributed by atoms with Gasteiger partial charge in [0, 0.05) is 12.5 Å². The van der Waals surface area contributed by atoms with E-state index < -0.39 is 0 Å². The number of H-pyrrole nitrogens is 1. The Morgan fingerprint density at radius 3 is 2.56 bits per heavy atom. The Bertz CT molecular complexity index is 1110. The van der Waals surface area contributed by atoms with Crippen molar-refractivity contribution in [2.45, 2.75) is 25.8 Å².